The molecule has 8 nitrogen and oxygen atoms in total. The van der Waals surface area contributed by atoms with Crippen molar-refractivity contribution in [1.29, 1.82) is 0 Å². The smallest absolute Gasteiger partial charge is 0.325 e. The highest BCUT2D eigenvalue weighted by atomic mass is 16.2. The Balaban J connectivity index is 1.96. The summed E-state index contributed by atoms with van der Waals surface area (Å²) in [6.07, 6.45) is 0.219. The van der Waals surface area contributed by atoms with Crippen LogP contribution in [0.15, 0.2) is 60.7 Å². The molecular formula is C19H18N4O4. The van der Waals surface area contributed by atoms with Crippen LogP contribution in [-0.2, 0) is 21.5 Å². The average Bonchev–Trinajstić information content (AvgIpc) is 2.88. The second-order valence-corrected chi connectivity index (χ2v) is 6.17. The molecule has 0 aromatic heterocycles. The summed E-state index contributed by atoms with van der Waals surface area (Å²) in [5, 5.41) is 4.59. The van der Waals surface area contributed by atoms with Crippen LogP contribution in [0.2, 0.25) is 0 Å². The zero-order chi connectivity index (χ0) is 19.4. The van der Waals surface area contributed by atoms with E-state index in [-0.39, 0.29) is 6.42 Å². The van der Waals surface area contributed by atoms with E-state index in [9.17, 15) is 19.2 Å². The highest BCUT2D eigenvalue weighted by molar-refractivity contribution is 6.10. The lowest BCUT2D eigenvalue weighted by Gasteiger charge is -2.27. The van der Waals surface area contributed by atoms with Gasteiger partial charge in [-0.05, 0) is 11.1 Å². The molecule has 1 atom stereocenters. The largest absolute Gasteiger partial charge is 0.351 e. The normalized spacial score (nSPS) is 18.9. The molecule has 0 radical (unpaired) electrons. The molecule has 138 valence electrons. The predicted molar refractivity (Wildman–Crippen MR) is 96.2 cm³/mol. The van der Waals surface area contributed by atoms with Gasteiger partial charge in [-0.25, -0.2) is 9.59 Å². The first-order valence-electron chi connectivity index (χ1n) is 8.25. The molecule has 0 saturated carbocycles. The first-order chi connectivity index (χ1) is 12.9. The number of nitrogens with zero attached hydrogens (tertiary/aromatic N) is 1. The summed E-state index contributed by atoms with van der Waals surface area (Å²) in [5.74, 6) is -1.41. The van der Waals surface area contributed by atoms with Gasteiger partial charge in [-0.2, -0.15) is 0 Å². The molecule has 0 bridgehead atoms. The number of urea groups is 2. The summed E-state index contributed by atoms with van der Waals surface area (Å²) in [7, 11) is 0. The standard InChI is InChI=1S/C19H18N4O4/c20-17(26)21-15(24)12-23-16(25)19(22-18(23)27,14-9-5-2-6-10-14)11-13-7-3-1-4-8-13/h1-10H,11-12H2,(H,22,27)(H3,20,21,24,26). The van der Waals surface area contributed by atoms with Gasteiger partial charge in [0.1, 0.15) is 6.54 Å². The Labute approximate surface area is 155 Å². The van der Waals surface area contributed by atoms with Crippen LogP contribution in [0.1, 0.15) is 11.1 Å². The van der Waals surface area contributed by atoms with Gasteiger partial charge in [0.25, 0.3) is 5.91 Å². The first kappa shape index (κ1) is 18.1. The number of hydrogen-bond acceptors (Lipinski definition) is 4. The lowest BCUT2D eigenvalue weighted by molar-refractivity contribution is -0.135. The Bertz CT molecular complexity index is 885. The summed E-state index contributed by atoms with van der Waals surface area (Å²) in [5.41, 5.74) is 5.02. The second kappa shape index (κ2) is 7.28. The number of carbonyl (C=O) groups excluding carboxylic acids is 4. The van der Waals surface area contributed by atoms with Gasteiger partial charge in [0.15, 0.2) is 5.54 Å². The monoisotopic (exact) mass is 366 g/mol. The van der Waals surface area contributed by atoms with E-state index in [0.717, 1.165) is 10.5 Å². The van der Waals surface area contributed by atoms with Gasteiger partial charge in [-0.3, -0.25) is 19.8 Å². The number of carbonyl (C=O) groups is 4. The molecule has 2 aromatic carbocycles. The van der Waals surface area contributed by atoms with Gasteiger partial charge in [-0.1, -0.05) is 60.7 Å². The molecule has 1 aliphatic rings. The van der Waals surface area contributed by atoms with Crippen LogP contribution in [0.4, 0.5) is 9.59 Å². The third-order valence-electron chi connectivity index (χ3n) is 4.32. The lowest BCUT2D eigenvalue weighted by atomic mass is 9.83. The van der Waals surface area contributed by atoms with E-state index < -0.39 is 36.0 Å². The fourth-order valence-corrected chi connectivity index (χ4v) is 3.13. The molecule has 1 aliphatic heterocycles. The fourth-order valence-electron chi connectivity index (χ4n) is 3.13. The van der Waals surface area contributed by atoms with Crippen molar-refractivity contribution in [1.82, 2.24) is 15.5 Å². The number of imide groups is 2. The van der Waals surface area contributed by atoms with Gasteiger partial charge in [-0.15, -0.1) is 0 Å². The minimum absolute atomic E-state index is 0.219. The first-order valence-corrected chi connectivity index (χ1v) is 8.25. The number of benzene rings is 2. The highest BCUT2D eigenvalue weighted by Crippen LogP contribution is 2.32. The van der Waals surface area contributed by atoms with Gasteiger partial charge in [0, 0.05) is 6.42 Å². The number of hydrogen-bond donors (Lipinski definition) is 3. The average molecular weight is 366 g/mol. The van der Waals surface area contributed by atoms with Crippen LogP contribution < -0.4 is 16.4 Å². The number of nitrogens with two attached hydrogens (primary N) is 1. The molecule has 3 rings (SSSR count). The Hall–Kier alpha value is -3.68. The number of nitrogens with one attached hydrogen (secondary N) is 2. The van der Waals surface area contributed by atoms with Crippen LogP contribution in [0.5, 0.6) is 0 Å². The summed E-state index contributed by atoms with van der Waals surface area (Å²) < 4.78 is 0. The molecule has 1 heterocycles. The highest BCUT2D eigenvalue weighted by Gasteiger charge is 2.52. The molecule has 2 aromatic rings. The number of primary amides is 1. The minimum Gasteiger partial charge on any atom is -0.351 e. The van der Waals surface area contributed by atoms with Crippen LogP contribution in [0, 0.1) is 0 Å². The molecule has 1 unspecified atom stereocenters. The van der Waals surface area contributed by atoms with E-state index >= 15 is 0 Å². The number of rotatable bonds is 5. The van der Waals surface area contributed by atoms with Crippen molar-refractivity contribution in [3.8, 4) is 0 Å². The third-order valence-corrected chi connectivity index (χ3v) is 4.32. The summed E-state index contributed by atoms with van der Waals surface area (Å²) in [4.78, 5) is 49.1. The van der Waals surface area contributed by atoms with Gasteiger partial charge in [0.2, 0.25) is 5.91 Å². The van der Waals surface area contributed by atoms with Crippen molar-refractivity contribution in [2.24, 2.45) is 5.73 Å². The van der Waals surface area contributed by atoms with Crippen LogP contribution in [0.3, 0.4) is 0 Å². The van der Waals surface area contributed by atoms with Crippen molar-refractivity contribution in [3.63, 3.8) is 0 Å². The van der Waals surface area contributed by atoms with Crippen molar-refractivity contribution in [3.05, 3.63) is 71.8 Å². The van der Waals surface area contributed by atoms with Gasteiger partial charge in [0.05, 0.1) is 0 Å². The molecule has 27 heavy (non-hydrogen) atoms. The van der Waals surface area contributed by atoms with Crippen LogP contribution in [-0.4, -0.2) is 35.3 Å². The minimum atomic E-state index is -1.34. The van der Waals surface area contributed by atoms with Gasteiger partial charge >= 0.3 is 12.1 Å². The second-order valence-electron chi connectivity index (χ2n) is 6.17. The van der Waals surface area contributed by atoms with Crippen molar-refractivity contribution < 1.29 is 19.2 Å². The summed E-state index contributed by atoms with van der Waals surface area (Å²) >= 11 is 0. The third kappa shape index (κ3) is 3.64. The Morgan fingerprint density at radius 3 is 2.19 bits per heavy atom. The van der Waals surface area contributed by atoms with E-state index in [4.69, 9.17) is 5.73 Å². The zero-order valence-electron chi connectivity index (χ0n) is 14.3. The maximum Gasteiger partial charge on any atom is 0.325 e. The fraction of sp³-hybridized carbons (Fsp3) is 0.158. The predicted octanol–water partition coefficient (Wildman–Crippen LogP) is 0.871. The molecule has 1 fully saturated rings. The van der Waals surface area contributed by atoms with Crippen molar-refractivity contribution in [2.45, 2.75) is 12.0 Å². The zero-order valence-corrected chi connectivity index (χ0v) is 14.3. The lowest BCUT2D eigenvalue weighted by Crippen LogP contribution is -2.47. The maximum atomic E-state index is 13.2. The summed E-state index contributed by atoms with van der Waals surface area (Å²) in [6.45, 7) is -0.600. The van der Waals surface area contributed by atoms with Crippen LogP contribution in [0.25, 0.3) is 0 Å². The molecule has 0 spiro atoms. The quantitative estimate of drug-likeness (QED) is 0.680. The van der Waals surface area contributed by atoms with Crippen LogP contribution >= 0.6 is 0 Å². The Kier molecular flexibility index (Phi) is 4.89. The Morgan fingerprint density at radius 1 is 1.00 bits per heavy atom. The topological polar surface area (TPSA) is 122 Å². The molecule has 4 N–H and O–H groups in total. The molecule has 6 amide bonds. The molecule has 0 aliphatic carbocycles. The SMILES string of the molecule is NC(=O)NC(=O)CN1C(=O)NC(Cc2ccccc2)(c2ccccc2)C1=O. The molecule has 1 saturated heterocycles. The van der Waals surface area contributed by atoms with Gasteiger partial charge < -0.3 is 11.1 Å². The van der Waals surface area contributed by atoms with Crippen molar-refractivity contribution in [2.75, 3.05) is 6.54 Å². The van der Waals surface area contributed by atoms with E-state index in [1.165, 1.54) is 0 Å². The van der Waals surface area contributed by atoms with E-state index in [1.54, 1.807) is 30.3 Å². The maximum absolute atomic E-state index is 13.2. The molecular weight excluding hydrogens is 348 g/mol. The van der Waals surface area contributed by atoms with E-state index in [1.807, 2.05) is 35.6 Å². The Morgan fingerprint density at radius 2 is 1.59 bits per heavy atom. The van der Waals surface area contributed by atoms with E-state index in [2.05, 4.69) is 5.32 Å². The van der Waals surface area contributed by atoms with Crippen molar-refractivity contribution >= 4 is 23.9 Å². The summed E-state index contributed by atoms with van der Waals surface area (Å²) in [6, 6.07) is 16.3. The number of amides is 6. The van der Waals surface area contributed by atoms with E-state index in [0.29, 0.717) is 5.56 Å². The molecule has 8 heteroatoms.